The summed E-state index contributed by atoms with van der Waals surface area (Å²) in [6, 6.07) is 7.22. The van der Waals surface area contributed by atoms with Crippen LogP contribution in [0, 0.1) is 6.92 Å². The molecule has 0 saturated heterocycles. The molecule has 1 aromatic heterocycles. The molecule has 0 spiro atoms. The number of hydrogen-bond donors (Lipinski definition) is 1. The van der Waals surface area contributed by atoms with Crippen molar-refractivity contribution < 1.29 is 14.3 Å². The fourth-order valence-electron chi connectivity index (χ4n) is 2.62. The van der Waals surface area contributed by atoms with Crippen molar-refractivity contribution in [3.8, 4) is 0 Å². The lowest BCUT2D eigenvalue weighted by Gasteiger charge is -2.19. The van der Waals surface area contributed by atoms with Gasteiger partial charge in [-0.15, -0.1) is 11.3 Å². The van der Waals surface area contributed by atoms with Gasteiger partial charge < -0.3 is 10.1 Å². The first kappa shape index (κ1) is 20.7. The fraction of sp³-hybridized carbons (Fsp3) is 0.368. The summed E-state index contributed by atoms with van der Waals surface area (Å²) >= 11 is 13.5. The standard InChI is InChI=1S/C19H21Cl2NO3S/c1-3-4-13(15-6-5-14(20)9-16(15)21)10-22-17(23)11-25-19(24)18-12(2)7-8-26-18/h5-9,13H,3-4,10-11H2,1-2H3,(H,22,23)/t13-/m1/s1. The van der Waals surface area contributed by atoms with Crippen molar-refractivity contribution in [2.45, 2.75) is 32.6 Å². The molecule has 140 valence electrons. The molecule has 26 heavy (non-hydrogen) atoms. The summed E-state index contributed by atoms with van der Waals surface area (Å²) in [5.41, 5.74) is 1.80. The number of carbonyl (C=O) groups is 2. The molecule has 2 aromatic rings. The molecule has 0 unspecified atom stereocenters. The van der Waals surface area contributed by atoms with E-state index in [9.17, 15) is 9.59 Å². The van der Waals surface area contributed by atoms with E-state index in [2.05, 4.69) is 12.2 Å². The minimum Gasteiger partial charge on any atom is -0.451 e. The largest absolute Gasteiger partial charge is 0.451 e. The molecule has 1 atom stereocenters. The van der Waals surface area contributed by atoms with Crippen LogP contribution < -0.4 is 5.32 Å². The van der Waals surface area contributed by atoms with E-state index in [4.69, 9.17) is 27.9 Å². The molecule has 0 bridgehead atoms. The van der Waals surface area contributed by atoms with E-state index in [1.165, 1.54) is 11.3 Å². The summed E-state index contributed by atoms with van der Waals surface area (Å²) < 4.78 is 5.08. The van der Waals surface area contributed by atoms with Gasteiger partial charge in [0.05, 0.1) is 0 Å². The van der Waals surface area contributed by atoms with Crippen LogP contribution in [0.4, 0.5) is 0 Å². The van der Waals surface area contributed by atoms with Crippen molar-refractivity contribution in [1.29, 1.82) is 0 Å². The summed E-state index contributed by atoms with van der Waals surface area (Å²) in [6.07, 6.45) is 1.82. The Morgan fingerprint density at radius 1 is 1.27 bits per heavy atom. The van der Waals surface area contributed by atoms with Crippen molar-refractivity contribution in [3.05, 3.63) is 55.7 Å². The van der Waals surface area contributed by atoms with E-state index in [1.807, 2.05) is 24.4 Å². The number of esters is 1. The second-order valence-corrected chi connectivity index (χ2v) is 7.72. The molecular formula is C19H21Cl2NO3S. The van der Waals surface area contributed by atoms with E-state index < -0.39 is 5.97 Å². The number of benzene rings is 1. The number of halogens is 2. The highest BCUT2D eigenvalue weighted by atomic mass is 35.5. The Kier molecular flexibility index (Phi) is 7.94. The van der Waals surface area contributed by atoms with E-state index in [-0.39, 0.29) is 18.4 Å². The number of amides is 1. The number of nitrogens with one attached hydrogen (secondary N) is 1. The molecule has 7 heteroatoms. The molecule has 0 saturated carbocycles. The third-order valence-electron chi connectivity index (χ3n) is 3.97. The molecule has 0 aliphatic carbocycles. The van der Waals surface area contributed by atoms with Crippen LogP contribution in [0.5, 0.6) is 0 Å². The maximum atomic E-state index is 12.0. The summed E-state index contributed by atoms with van der Waals surface area (Å²) in [7, 11) is 0. The quantitative estimate of drug-likeness (QED) is 0.603. The third kappa shape index (κ3) is 5.73. The van der Waals surface area contributed by atoms with Crippen LogP contribution >= 0.6 is 34.5 Å². The lowest BCUT2D eigenvalue weighted by atomic mass is 9.94. The summed E-state index contributed by atoms with van der Waals surface area (Å²) in [6.45, 7) is 4.02. The van der Waals surface area contributed by atoms with Crippen molar-refractivity contribution in [3.63, 3.8) is 0 Å². The van der Waals surface area contributed by atoms with Gasteiger partial charge in [0.1, 0.15) is 4.88 Å². The monoisotopic (exact) mass is 413 g/mol. The zero-order valence-corrected chi connectivity index (χ0v) is 17.0. The smallest absolute Gasteiger partial charge is 0.349 e. The number of thiophene rings is 1. The Bertz CT molecular complexity index is 776. The number of ether oxygens (including phenoxy) is 1. The van der Waals surface area contributed by atoms with Crippen LogP contribution in [0.25, 0.3) is 0 Å². The van der Waals surface area contributed by atoms with Crippen LogP contribution in [0.1, 0.15) is 46.5 Å². The Hall–Kier alpha value is -1.56. The lowest BCUT2D eigenvalue weighted by molar-refractivity contribution is -0.124. The molecule has 4 nitrogen and oxygen atoms in total. The summed E-state index contributed by atoms with van der Waals surface area (Å²) in [4.78, 5) is 24.5. The third-order valence-corrected chi connectivity index (χ3v) is 5.53. The van der Waals surface area contributed by atoms with Gasteiger partial charge in [0, 0.05) is 22.5 Å². The minimum absolute atomic E-state index is 0.0731. The van der Waals surface area contributed by atoms with E-state index in [1.54, 1.807) is 12.1 Å². The topological polar surface area (TPSA) is 55.4 Å². The molecule has 1 amide bonds. The van der Waals surface area contributed by atoms with Crippen molar-refractivity contribution in [2.24, 2.45) is 0 Å². The lowest BCUT2D eigenvalue weighted by Crippen LogP contribution is -2.32. The van der Waals surface area contributed by atoms with Gasteiger partial charge in [0.25, 0.3) is 5.91 Å². The average Bonchev–Trinajstić information content (AvgIpc) is 3.03. The zero-order valence-electron chi connectivity index (χ0n) is 14.7. The van der Waals surface area contributed by atoms with Crippen LogP contribution in [-0.4, -0.2) is 25.0 Å². The van der Waals surface area contributed by atoms with Gasteiger partial charge in [-0.3, -0.25) is 4.79 Å². The van der Waals surface area contributed by atoms with Gasteiger partial charge in [-0.05, 0) is 48.1 Å². The van der Waals surface area contributed by atoms with Crippen LogP contribution in [-0.2, 0) is 9.53 Å². The van der Waals surface area contributed by atoms with E-state index in [0.29, 0.717) is 21.5 Å². The maximum Gasteiger partial charge on any atom is 0.349 e. The summed E-state index contributed by atoms with van der Waals surface area (Å²) in [5.74, 6) is -0.735. The van der Waals surface area contributed by atoms with Gasteiger partial charge in [0.2, 0.25) is 0 Å². The number of rotatable bonds is 8. The highest BCUT2D eigenvalue weighted by Crippen LogP contribution is 2.30. The van der Waals surface area contributed by atoms with E-state index >= 15 is 0 Å². The minimum atomic E-state index is -0.474. The molecule has 0 radical (unpaired) electrons. The van der Waals surface area contributed by atoms with Crippen LogP contribution in [0.3, 0.4) is 0 Å². The van der Waals surface area contributed by atoms with Gasteiger partial charge in [-0.25, -0.2) is 4.79 Å². The summed E-state index contributed by atoms with van der Waals surface area (Å²) in [5, 5.41) is 5.80. The molecule has 2 rings (SSSR count). The molecule has 1 N–H and O–H groups in total. The van der Waals surface area contributed by atoms with Crippen LogP contribution in [0.2, 0.25) is 10.0 Å². The normalized spacial score (nSPS) is 11.8. The number of carbonyl (C=O) groups excluding carboxylic acids is 2. The molecule has 0 aliphatic rings. The average molecular weight is 414 g/mol. The zero-order chi connectivity index (χ0) is 19.1. The van der Waals surface area contributed by atoms with E-state index in [0.717, 1.165) is 24.0 Å². The molecular weight excluding hydrogens is 393 g/mol. The number of hydrogen-bond acceptors (Lipinski definition) is 4. The first-order valence-corrected chi connectivity index (χ1v) is 9.98. The molecule has 1 heterocycles. The van der Waals surface area contributed by atoms with Gasteiger partial charge >= 0.3 is 5.97 Å². The van der Waals surface area contributed by atoms with Crippen molar-refractivity contribution in [1.82, 2.24) is 5.32 Å². The van der Waals surface area contributed by atoms with Crippen molar-refractivity contribution in [2.75, 3.05) is 13.2 Å². The van der Waals surface area contributed by atoms with Gasteiger partial charge in [-0.2, -0.15) is 0 Å². The second kappa shape index (κ2) is 9.95. The predicted octanol–water partition coefficient (Wildman–Crippen LogP) is 5.22. The predicted molar refractivity (Wildman–Crippen MR) is 106 cm³/mol. The first-order valence-electron chi connectivity index (χ1n) is 8.35. The maximum absolute atomic E-state index is 12.0. The highest BCUT2D eigenvalue weighted by Gasteiger charge is 2.17. The molecule has 0 aliphatic heterocycles. The van der Waals surface area contributed by atoms with Crippen molar-refractivity contribution >= 4 is 46.4 Å². The fourth-order valence-corrected chi connectivity index (χ4v) is 4.00. The van der Waals surface area contributed by atoms with Gasteiger partial charge in [-0.1, -0.05) is 42.6 Å². The Morgan fingerprint density at radius 3 is 2.65 bits per heavy atom. The van der Waals surface area contributed by atoms with Gasteiger partial charge in [0.15, 0.2) is 6.61 Å². The molecule has 0 fully saturated rings. The molecule has 1 aromatic carbocycles. The second-order valence-electron chi connectivity index (χ2n) is 5.96. The number of aryl methyl sites for hydroxylation is 1. The Labute approximate surface area is 167 Å². The Balaban J connectivity index is 1.89. The highest BCUT2D eigenvalue weighted by molar-refractivity contribution is 7.12. The first-order chi connectivity index (χ1) is 12.4. The Morgan fingerprint density at radius 2 is 2.04 bits per heavy atom. The van der Waals surface area contributed by atoms with Crippen LogP contribution in [0.15, 0.2) is 29.6 Å². The SMILES string of the molecule is CCC[C@H](CNC(=O)COC(=O)c1sccc1C)c1ccc(Cl)cc1Cl.